The summed E-state index contributed by atoms with van der Waals surface area (Å²) < 4.78 is 1.53. The average Bonchev–Trinajstić information content (AvgIpc) is 2.71. The van der Waals surface area contributed by atoms with Crippen LogP contribution in [0.1, 0.15) is 34.2 Å². The molecule has 0 amide bonds. The Bertz CT molecular complexity index is 1310. The van der Waals surface area contributed by atoms with Gasteiger partial charge < -0.3 is 0 Å². The van der Waals surface area contributed by atoms with Gasteiger partial charge in [-0.15, -0.1) is 0 Å². The van der Waals surface area contributed by atoms with Crippen LogP contribution in [-0.4, -0.2) is 30.1 Å². The van der Waals surface area contributed by atoms with Gasteiger partial charge >= 0.3 is 0 Å². The van der Waals surface area contributed by atoms with E-state index in [1.807, 2.05) is 19.9 Å². The fraction of sp³-hybridized carbons (Fsp3) is 0.182. The monoisotopic (exact) mass is 385 g/mol. The first kappa shape index (κ1) is 18.6. The number of ketones is 1. The largest absolute Gasteiger partial charge is 0.294 e. The van der Waals surface area contributed by atoms with Crippen molar-refractivity contribution < 1.29 is 4.79 Å². The summed E-state index contributed by atoms with van der Waals surface area (Å²) in [5, 5.41) is 0. The molecule has 0 aliphatic heterocycles. The van der Waals surface area contributed by atoms with Gasteiger partial charge in [0.2, 0.25) is 0 Å². The molecular weight excluding hydrogens is 366 g/mol. The summed E-state index contributed by atoms with van der Waals surface area (Å²) in [6.45, 7) is 6.94. The summed E-state index contributed by atoms with van der Waals surface area (Å²) in [5.74, 6) is 1.09. The predicted octanol–water partition coefficient (Wildman–Crippen LogP) is 3.34. The highest BCUT2D eigenvalue weighted by Gasteiger charge is 2.15. The number of aryl methyl sites for hydroxylation is 2. The molecule has 144 valence electrons. The molecule has 0 unspecified atom stereocenters. The highest BCUT2D eigenvalue weighted by Crippen LogP contribution is 2.25. The Morgan fingerprint density at radius 2 is 1.52 bits per heavy atom. The lowest BCUT2D eigenvalue weighted by atomic mass is 10.0. The van der Waals surface area contributed by atoms with E-state index < -0.39 is 0 Å². The number of pyridine rings is 2. The molecule has 0 atom stereocenters. The van der Waals surface area contributed by atoms with Crippen LogP contribution in [0.5, 0.6) is 0 Å². The molecular formula is C22H19N5O2. The summed E-state index contributed by atoms with van der Waals surface area (Å²) in [7, 11) is 0. The molecule has 4 heterocycles. The quantitative estimate of drug-likeness (QED) is 0.503. The van der Waals surface area contributed by atoms with Crippen LogP contribution in [0.25, 0.3) is 28.0 Å². The lowest BCUT2D eigenvalue weighted by Gasteiger charge is -2.12. The third-order valence-corrected chi connectivity index (χ3v) is 4.85. The summed E-state index contributed by atoms with van der Waals surface area (Å²) in [4.78, 5) is 42.2. The molecule has 0 aliphatic rings. The van der Waals surface area contributed by atoms with Gasteiger partial charge in [0.05, 0.1) is 11.1 Å². The van der Waals surface area contributed by atoms with Gasteiger partial charge in [0.15, 0.2) is 11.6 Å². The zero-order chi connectivity index (χ0) is 20.7. The summed E-state index contributed by atoms with van der Waals surface area (Å²) in [6.07, 6.45) is 8.43. The number of aromatic nitrogens is 5. The molecule has 0 aliphatic carbocycles. The number of rotatable bonds is 3. The number of Topliss-reactive ketones (excluding diaryl/α,β-unsaturated/α-hetero) is 1. The molecule has 0 saturated heterocycles. The van der Waals surface area contributed by atoms with Crippen molar-refractivity contribution in [1.29, 1.82) is 0 Å². The average molecular weight is 385 g/mol. The van der Waals surface area contributed by atoms with Crippen LogP contribution in [-0.2, 0) is 0 Å². The van der Waals surface area contributed by atoms with Crippen molar-refractivity contribution in [2.45, 2.75) is 27.7 Å². The van der Waals surface area contributed by atoms with E-state index in [4.69, 9.17) is 0 Å². The van der Waals surface area contributed by atoms with Crippen LogP contribution in [0, 0.1) is 20.8 Å². The maximum atomic E-state index is 13.0. The molecule has 29 heavy (non-hydrogen) atoms. The molecule has 7 heteroatoms. The predicted molar refractivity (Wildman–Crippen MR) is 110 cm³/mol. The number of carbonyl (C=O) groups excluding carboxylic acids is 1. The first-order valence-electron chi connectivity index (χ1n) is 9.14. The first-order valence-corrected chi connectivity index (χ1v) is 9.14. The fourth-order valence-corrected chi connectivity index (χ4v) is 3.30. The van der Waals surface area contributed by atoms with Crippen LogP contribution in [0.15, 0.2) is 47.9 Å². The van der Waals surface area contributed by atoms with Crippen molar-refractivity contribution >= 4 is 11.3 Å². The highest BCUT2D eigenvalue weighted by atomic mass is 16.1. The van der Waals surface area contributed by atoms with Crippen LogP contribution in [0.4, 0.5) is 0 Å². The Labute approximate surface area is 167 Å². The molecule has 0 fully saturated rings. The van der Waals surface area contributed by atoms with Gasteiger partial charge in [-0.2, -0.15) is 0 Å². The maximum Gasteiger partial charge on any atom is 0.258 e. The minimum atomic E-state index is -0.167. The molecule has 0 spiro atoms. The van der Waals surface area contributed by atoms with E-state index in [-0.39, 0.29) is 11.3 Å². The minimum absolute atomic E-state index is 0.0913. The number of carbonyl (C=O) groups is 1. The third-order valence-electron chi connectivity index (χ3n) is 4.85. The highest BCUT2D eigenvalue weighted by molar-refractivity contribution is 6.01. The van der Waals surface area contributed by atoms with Gasteiger partial charge in [-0.25, -0.2) is 19.9 Å². The van der Waals surface area contributed by atoms with Gasteiger partial charge in [-0.05, 0) is 51.0 Å². The van der Waals surface area contributed by atoms with Gasteiger partial charge in [-0.1, -0.05) is 0 Å². The number of hydrogen-bond acceptors (Lipinski definition) is 6. The van der Waals surface area contributed by atoms with Gasteiger partial charge in [0.1, 0.15) is 5.82 Å². The van der Waals surface area contributed by atoms with Crippen molar-refractivity contribution in [3.8, 4) is 22.5 Å². The number of nitrogens with zero attached hydrogens (tertiary/aromatic N) is 5. The van der Waals surface area contributed by atoms with Crippen molar-refractivity contribution in [3.05, 3.63) is 76.0 Å². The molecule has 0 saturated carbocycles. The van der Waals surface area contributed by atoms with Gasteiger partial charge in [-0.3, -0.25) is 14.0 Å². The topological polar surface area (TPSA) is 90.1 Å². The number of hydrogen-bond donors (Lipinski definition) is 0. The molecule has 4 aromatic heterocycles. The molecule has 0 N–H and O–H groups in total. The van der Waals surface area contributed by atoms with Crippen molar-refractivity contribution in [2.75, 3.05) is 0 Å². The molecule has 0 aromatic carbocycles. The van der Waals surface area contributed by atoms with Crippen LogP contribution < -0.4 is 5.56 Å². The van der Waals surface area contributed by atoms with Crippen molar-refractivity contribution in [2.24, 2.45) is 0 Å². The lowest BCUT2D eigenvalue weighted by Crippen LogP contribution is -2.19. The summed E-state index contributed by atoms with van der Waals surface area (Å²) in [6, 6.07) is 3.65. The van der Waals surface area contributed by atoms with E-state index >= 15 is 0 Å². The molecule has 4 rings (SSSR count). The minimum Gasteiger partial charge on any atom is -0.294 e. The van der Waals surface area contributed by atoms with E-state index in [1.54, 1.807) is 44.0 Å². The second-order valence-corrected chi connectivity index (χ2v) is 7.05. The second-order valence-electron chi connectivity index (χ2n) is 7.05. The first-order chi connectivity index (χ1) is 13.8. The fourth-order valence-electron chi connectivity index (χ4n) is 3.30. The molecule has 0 radical (unpaired) electrons. The Hall–Kier alpha value is -3.74. The van der Waals surface area contributed by atoms with Crippen LogP contribution >= 0.6 is 0 Å². The standard InChI is InChI=1S/C22H19N5O2/c1-12-5-19(14(3)28)20-6-18(13(2)22(29)27(20)11-12)16-7-25-21(26-8-16)17-9-23-15(4)24-10-17/h5-11H,1-4H3. The SMILES string of the molecule is CC(=O)c1cc(C)cn2c(=O)c(C)c(-c3cnc(-c4cnc(C)nc4)nc3)cc12. The second kappa shape index (κ2) is 7.01. The van der Waals surface area contributed by atoms with Crippen LogP contribution in [0.2, 0.25) is 0 Å². The van der Waals surface area contributed by atoms with E-state index in [9.17, 15) is 9.59 Å². The lowest BCUT2D eigenvalue weighted by molar-refractivity contribution is 0.101. The number of fused-ring (bicyclic) bond motifs is 1. The Morgan fingerprint density at radius 1 is 0.897 bits per heavy atom. The van der Waals surface area contributed by atoms with Gasteiger partial charge in [0, 0.05) is 47.7 Å². The summed E-state index contributed by atoms with van der Waals surface area (Å²) >= 11 is 0. The zero-order valence-corrected chi connectivity index (χ0v) is 16.6. The maximum absolute atomic E-state index is 13.0. The zero-order valence-electron chi connectivity index (χ0n) is 16.6. The Kier molecular flexibility index (Phi) is 4.50. The van der Waals surface area contributed by atoms with E-state index in [0.717, 1.165) is 5.56 Å². The van der Waals surface area contributed by atoms with Crippen molar-refractivity contribution in [3.63, 3.8) is 0 Å². The molecule has 4 aromatic rings. The Balaban J connectivity index is 1.87. The van der Waals surface area contributed by atoms with E-state index in [0.29, 0.717) is 45.0 Å². The Morgan fingerprint density at radius 3 is 2.14 bits per heavy atom. The van der Waals surface area contributed by atoms with E-state index in [1.165, 1.54) is 11.3 Å². The van der Waals surface area contributed by atoms with Crippen LogP contribution in [0.3, 0.4) is 0 Å². The molecule has 0 bridgehead atoms. The van der Waals surface area contributed by atoms with Crippen molar-refractivity contribution in [1.82, 2.24) is 24.3 Å². The molecule has 7 nitrogen and oxygen atoms in total. The summed E-state index contributed by atoms with van der Waals surface area (Å²) in [5.41, 5.74) is 4.46. The van der Waals surface area contributed by atoms with E-state index in [2.05, 4.69) is 19.9 Å². The normalized spacial score (nSPS) is 11.0. The smallest absolute Gasteiger partial charge is 0.258 e. The van der Waals surface area contributed by atoms with Gasteiger partial charge in [0.25, 0.3) is 5.56 Å². The third kappa shape index (κ3) is 3.31.